The minimum absolute atomic E-state index is 0.0372. The smallest absolute Gasteiger partial charge is 0.254 e. The average molecular weight is 359 g/mol. The summed E-state index contributed by atoms with van der Waals surface area (Å²) in [6, 6.07) is 7.48. The molecule has 0 atom stereocenters. The molecule has 2 aromatic rings. The first-order valence-corrected chi connectivity index (χ1v) is 9.40. The second kappa shape index (κ2) is 9.32. The molecule has 1 heterocycles. The van der Waals surface area contributed by atoms with Gasteiger partial charge >= 0.3 is 0 Å². The van der Waals surface area contributed by atoms with E-state index in [0.717, 1.165) is 29.7 Å². The molecule has 0 unspecified atom stereocenters. The van der Waals surface area contributed by atoms with Crippen LogP contribution in [0.4, 0.5) is 5.13 Å². The number of hydrogen-bond acceptors (Lipinski definition) is 4. The van der Waals surface area contributed by atoms with Crippen LogP contribution in [0.3, 0.4) is 0 Å². The molecule has 0 spiro atoms. The molecule has 1 N–H and O–H groups in total. The highest BCUT2D eigenvalue weighted by molar-refractivity contribution is 7.15. The molecule has 0 aliphatic rings. The predicted molar refractivity (Wildman–Crippen MR) is 102 cm³/mol. The van der Waals surface area contributed by atoms with Crippen molar-refractivity contribution >= 4 is 28.3 Å². The molecular weight excluding hydrogens is 334 g/mol. The number of benzene rings is 1. The van der Waals surface area contributed by atoms with Gasteiger partial charge in [0.05, 0.1) is 0 Å². The summed E-state index contributed by atoms with van der Waals surface area (Å²) in [5.41, 5.74) is 1.57. The largest absolute Gasteiger partial charge is 0.329 e. The van der Waals surface area contributed by atoms with Gasteiger partial charge in [-0.25, -0.2) is 4.98 Å². The van der Waals surface area contributed by atoms with E-state index in [0.29, 0.717) is 17.2 Å². The molecule has 0 aliphatic heterocycles. The molecule has 1 aromatic heterocycles. The third-order valence-electron chi connectivity index (χ3n) is 3.90. The minimum Gasteiger partial charge on any atom is -0.329 e. The van der Waals surface area contributed by atoms with Crippen molar-refractivity contribution in [3.05, 3.63) is 46.5 Å². The molecule has 6 heteroatoms. The summed E-state index contributed by atoms with van der Waals surface area (Å²) >= 11 is 1.43. The lowest BCUT2D eigenvalue weighted by molar-refractivity contribution is -0.116. The van der Waals surface area contributed by atoms with Crippen LogP contribution in [0.2, 0.25) is 0 Å². The molecule has 1 aromatic carbocycles. The van der Waals surface area contributed by atoms with Crippen LogP contribution in [-0.4, -0.2) is 34.8 Å². The third-order valence-corrected chi connectivity index (χ3v) is 4.72. The second-order valence-corrected chi connectivity index (χ2v) is 7.31. The lowest BCUT2D eigenvalue weighted by Gasteiger charge is -2.23. The van der Waals surface area contributed by atoms with E-state index in [-0.39, 0.29) is 18.4 Å². The number of unbranched alkanes of at least 4 members (excludes halogenated alkanes) is 2. The SMILES string of the molecule is CCCCCN(CC(=O)Nc1ncc(C)s1)C(=O)c1ccccc1C. The Hall–Kier alpha value is -2.21. The van der Waals surface area contributed by atoms with Crippen LogP contribution in [0.5, 0.6) is 0 Å². The number of rotatable bonds is 8. The van der Waals surface area contributed by atoms with E-state index in [9.17, 15) is 9.59 Å². The van der Waals surface area contributed by atoms with Gasteiger partial charge in [-0.1, -0.05) is 38.0 Å². The highest BCUT2D eigenvalue weighted by Gasteiger charge is 2.20. The first-order valence-electron chi connectivity index (χ1n) is 8.58. The number of amides is 2. The fourth-order valence-corrected chi connectivity index (χ4v) is 3.21. The van der Waals surface area contributed by atoms with Crippen molar-refractivity contribution < 1.29 is 9.59 Å². The van der Waals surface area contributed by atoms with Crippen molar-refractivity contribution in [1.82, 2.24) is 9.88 Å². The number of nitrogens with one attached hydrogen (secondary N) is 1. The van der Waals surface area contributed by atoms with E-state index in [1.165, 1.54) is 11.3 Å². The molecule has 2 rings (SSSR count). The number of hydrogen-bond donors (Lipinski definition) is 1. The molecule has 0 bridgehead atoms. The molecule has 0 fully saturated rings. The van der Waals surface area contributed by atoms with Crippen LogP contribution in [0, 0.1) is 13.8 Å². The maximum absolute atomic E-state index is 12.9. The Morgan fingerprint density at radius 3 is 2.60 bits per heavy atom. The number of aryl methyl sites for hydroxylation is 2. The van der Waals surface area contributed by atoms with E-state index in [1.807, 2.05) is 38.1 Å². The van der Waals surface area contributed by atoms with Crippen LogP contribution in [-0.2, 0) is 4.79 Å². The summed E-state index contributed by atoms with van der Waals surface area (Å²) in [6.45, 7) is 6.58. The van der Waals surface area contributed by atoms with Crippen LogP contribution >= 0.6 is 11.3 Å². The summed E-state index contributed by atoms with van der Waals surface area (Å²) < 4.78 is 0. The van der Waals surface area contributed by atoms with E-state index in [4.69, 9.17) is 0 Å². The minimum atomic E-state index is -0.215. The molecule has 0 aliphatic carbocycles. The van der Waals surface area contributed by atoms with E-state index < -0.39 is 0 Å². The van der Waals surface area contributed by atoms with Gasteiger partial charge in [0, 0.05) is 23.2 Å². The quantitative estimate of drug-likeness (QED) is 0.724. The Morgan fingerprint density at radius 2 is 1.96 bits per heavy atom. The fraction of sp³-hybridized carbons (Fsp3) is 0.421. The number of nitrogens with zero attached hydrogens (tertiary/aromatic N) is 2. The maximum Gasteiger partial charge on any atom is 0.254 e. The standard InChI is InChI=1S/C19H25N3O2S/c1-4-5-8-11-22(18(24)16-10-7-6-9-14(16)2)13-17(23)21-19-20-12-15(3)25-19/h6-7,9-10,12H,4-5,8,11,13H2,1-3H3,(H,20,21,23). The Labute approximate surface area is 153 Å². The Bertz CT molecular complexity index is 727. The number of thiazole rings is 1. The first kappa shape index (κ1) is 19.1. The molecule has 25 heavy (non-hydrogen) atoms. The Kier molecular flexibility index (Phi) is 7.13. The molecule has 5 nitrogen and oxygen atoms in total. The van der Waals surface area contributed by atoms with Crippen molar-refractivity contribution in [3.8, 4) is 0 Å². The van der Waals surface area contributed by atoms with Crippen LogP contribution < -0.4 is 5.32 Å². The third kappa shape index (κ3) is 5.67. The summed E-state index contributed by atoms with van der Waals surface area (Å²) in [5, 5.41) is 3.35. The first-order chi connectivity index (χ1) is 12.0. The van der Waals surface area contributed by atoms with Gasteiger partial charge in [0.25, 0.3) is 5.91 Å². The number of anilines is 1. The molecule has 0 saturated heterocycles. The maximum atomic E-state index is 12.9. The van der Waals surface area contributed by atoms with Crippen molar-refractivity contribution in [3.63, 3.8) is 0 Å². The van der Waals surface area contributed by atoms with E-state index in [1.54, 1.807) is 11.1 Å². The van der Waals surface area contributed by atoms with Crippen molar-refractivity contribution in [2.45, 2.75) is 40.0 Å². The van der Waals surface area contributed by atoms with Gasteiger partial charge in [0.15, 0.2) is 5.13 Å². The van der Waals surface area contributed by atoms with Crippen LogP contribution in [0.1, 0.15) is 47.0 Å². The number of aromatic nitrogens is 1. The van der Waals surface area contributed by atoms with Gasteiger partial charge in [-0.2, -0.15) is 0 Å². The monoisotopic (exact) mass is 359 g/mol. The van der Waals surface area contributed by atoms with Crippen molar-refractivity contribution in [1.29, 1.82) is 0 Å². The zero-order valence-electron chi connectivity index (χ0n) is 15.0. The molecular formula is C19H25N3O2S. The predicted octanol–water partition coefficient (Wildman–Crippen LogP) is 4.03. The lowest BCUT2D eigenvalue weighted by Crippen LogP contribution is -2.39. The summed E-state index contributed by atoms with van der Waals surface area (Å²) in [5.74, 6) is -0.313. The van der Waals surface area contributed by atoms with Gasteiger partial charge in [-0.3, -0.25) is 9.59 Å². The number of carbonyl (C=O) groups is 2. The molecule has 134 valence electrons. The van der Waals surface area contributed by atoms with Gasteiger partial charge in [0.1, 0.15) is 6.54 Å². The van der Waals surface area contributed by atoms with Crippen molar-refractivity contribution in [2.75, 3.05) is 18.4 Å². The Morgan fingerprint density at radius 1 is 1.20 bits per heavy atom. The van der Waals surface area contributed by atoms with E-state index in [2.05, 4.69) is 17.2 Å². The van der Waals surface area contributed by atoms with Crippen LogP contribution in [0.15, 0.2) is 30.5 Å². The summed E-state index contributed by atoms with van der Waals surface area (Å²) in [4.78, 5) is 32.0. The zero-order valence-corrected chi connectivity index (χ0v) is 15.9. The Balaban J connectivity index is 2.07. The summed E-state index contributed by atoms with van der Waals surface area (Å²) in [7, 11) is 0. The summed E-state index contributed by atoms with van der Waals surface area (Å²) in [6.07, 6.45) is 4.71. The average Bonchev–Trinajstić information content (AvgIpc) is 2.98. The second-order valence-electron chi connectivity index (χ2n) is 6.07. The topological polar surface area (TPSA) is 62.3 Å². The van der Waals surface area contributed by atoms with Crippen LogP contribution in [0.25, 0.3) is 0 Å². The normalized spacial score (nSPS) is 10.5. The van der Waals surface area contributed by atoms with Gasteiger partial charge in [0.2, 0.25) is 5.91 Å². The van der Waals surface area contributed by atoms with E-state index >= 15 is 0 Å². The molecule has 2 amide bonds. The highest BCUT2D eigenvalue weighted by Crippen LogP contribution is 2.17. The molecule has 0 radical (unpaired) electrons. The number of carbonyl (C=O) groups excluding carboxylic acids is 2. The molecule has 0 saturated carbocycles. The van der Waals surface area contributed by atoms with Gasteiger partial charge < -0.3 is 10.2 Å². The van der Waals surface area contributed by atoms with Gasteiger partial charge in [-0.05, 0) is 31.9 Å². The fourth-order valence-electron chi connectivity index (χ4n) is 2.53. The highest BCUT2D eigenvalue weighted by atomic mass is 32.1. The van der Waals surface area contributed by atoms with Crippen molar-refractivity contribution in [2.24, 2.45) is 0 Å². The zero-order chi connectivity index (χ0) is 18.2. The lowest BCUT2D eigenvalue weighted by atomic mass is 10.1. The van der Waals surface area contributed by atoms with Gasteiger partial charge in [-0.15, -0.1) is 11.3 Å².